The molecule has 23 heavy (non-hydrogen) atoms. The summed E-state index contributed by atoms with van der Waals surface area (Å²) in [7, 11) is 0. The third-order valence-electron chi connectivity index (χ3n) is 4.34. The summed E-state index contributed by atoms with van der Waals surface area (Å²) in [6.07, 6.45) is 2.66. The SMILES string of the molecule is Cc1ccccc1C(=O)Nc1sc2c(c1C(=O)O)CCC(C)C2. The molecule has 5 heteroatoms. The summed E-state index contributed by atoms with van der Waals surface area (Å²) >= 11 is 1.41. The summed E-state index contributed by atoms with van der Waals surface area (Å²) in [4.78, 5) is 25.3. The first-order valence-electron chi connectivity index (χ1n) is 7.72. The molecule has 1 aromatic carbocycles. The number of fused-ring (bicyclic) bond motifs is 1. The molecule has 1 amide bonds. The van der Waals surface area contributed by atoms with Crippen molar-refractivity contribution in [2.45, 2.75) is 33.1 Å². The molecular formula is C18H19NO3S. The largest absolute Gasteiger partial charge is 0.478 e. The fraction of sp³-hybridized carbons (Fsp3) is 0.333. The lowest BCUT2D eigenvalue weighted by Crippen LogP contribution is -2.15. The summed E-state index contributed by atoms with van der Waals surface area (Å²) in [5, 5.41) is 12.9. The van der Waals surface area contributed by atoms with Gasteiger partial charge >= 0.3 is 5.97 Å². The molecule has 0 aliphatic heterocycles. The highest BCUT2D eigenvalue weighted by Gasteiger charge is 2.28. The van der Waals surface area contributed by atoms with Crippen LogP contribution in [-0.2, 0) is 12.8 Å². The molecule has 0 saturated carbocycles. The predicted molar refractivity (Wildman–Crippen MR) is 91.6 cm³/mol. The molecule has 0 fully saturated rings. The van der Waals surface area contributed by atoms with E-state index >= 15 is 0 Å². The number of carboxylic acids is 1. The molecule has 0 spiro atoms. The van der Waals surface area contributed by atoms with Crippen LogP contribution in [0.5, 0.6) is 0 Å². The van der Waals surface area contributed by atoms with E-state index in [-0.39, 0.29) is 11.5 Å². The van der Waals surface area contributed by atoms with Gasteiger partial charge in [-0.05, 0) is 49.3 Å². The van der Waals surface area contributed by atoms with Gasteiger partial charge in [0, 0.05) is 10.4 Å². The van der Waals surface area contributed by atoms with Crippen LogP contribution in [0, 0.1) is 12.8 Å². The molecule has 1 aliphatic rings. The van der Waals surface area contributed by atoms with Crippen LogP contribution >= 0.6 is 11.3 Å². The highest BCUT2D eigenvalue weighted by atomic mass is 32.1. The fourth-order valence-corrected chi connectivity index (χ4v) is 4.46. The summed E-state index contributed by atoms with van der Waals surface area (Å²) < 4.78 is 0. The molecule has 1 unspecified atom stereocenters. The van der Waals surface area contributed by atoms with E-state index in [4.69, 9.17) is 0 Å². The lowest BCUT2D eigenvalue weighted by molar-refractivity contribution is 0.0697. The molecule has 2 N–H and O–H groups in total. The first-order valence-corrected chi connectivity index (χ1v) is 8.53. The predicted octanol–water partition coefficient (Wildman–Crippen LogP) is 4.13. The van der Waals surface area contributed by atoms with Gasteiger partial charge in [-0.25, -0.2) is 4.79 Å². The van der Waals surface area contributed by atoms with Crippen molar-refractivity contribution in [1.82, 2.24) is 0 Å². The summed E-state index contributed by atoms with van der Waals surface area (Å²) in [6, 6.07) is 7.30. The second kappa shape index (κ2) is 6.16. The molecule has 120 valence electrons. The van der Waals surface area contributed by atoms with Gasteiger partial charge < -0.3 is 10.4 Å². The Morgan fingerprint density at radius 3 is 2.74 bits per heavy atom. The highest BCUT2D eigenvalue weighted by molar-refractivity contribution is 7.17. The summed E-state index contributed by atoms with van der Waals surface area (Å²) in [5.41, 5.74) is 2.62. The number of aromatic carboxylic acids is 1. The molecule has 2 aromatic rings. The van der Waals surface area contributed by atoms with Crippen LogP contribution in [0.2, 0.25) is 0 Å². The summed E-state index contributed by atoms with van der Waals surface area (Å²) in [6.45, 7) is 4.04. The molecule has 1 atom stereocenters. The van der Waals surface area contributed by atoms with Crippen LogP contribution in [0.3, 0.4) is 0 Å². The number of carbonyl (C=O) groups excluding carboxylic acids is 1. The van der Waals surface area contributed by atoms with Crippen LogP contribution < -0.4 is 5.32 Å². The van der Waals surface area contributed by atoms with Crippen LogP contribution in [0.25, 0.3) is 0 Å². The first-order chi connectivity index (χ1) is 11.0. The van der Waals surface area contributed by atoms with Crippen molar-refractivity contribution < 1.29 is 14.7 Å². The number of hydrogen-bond acceptors (Lipinski definition) is 3. The number of carbonyl (C=O) groups is 2. The first kappa shape index (κ1) is 15.7. The Balaban J connectivity index is 1.96. The van der Waals surface area contributed by atoms with Gasteiger partial charge in [0.1, 0.15) is 5.00 Å². The molecule has 3 rings (SSSR count). The van der Waals surface area contributed by atoms with Gasteiger partial charge in [0.15, 0.2) is 0 Å². The van der Waals surface area contributed by atoms with Gasteiger partial charge in [-0.2, -0.15) is 0 Å². The molecule has 0 saturated heterocycles. The third kappa shape index (κ3) is 3.01. The number of benzene rings is 1. The van der Waals surface area contributed by atoms with Crippen molar-refractivity contribution >= 4 is 28.2 Å². The minimum absolute atomic E-state index is 0.253. The number of aryl methyl sites for hydroxylation is 1. The number of carboxylic acid groups (broad SMARTS) is 1. The lowest BCUT2D eigenvalue weighted by atomic mass is 9.88. The average molecular weight is 329 g/mol. The number of hydrogen-bond donors (Lipinski definition) is 2. The second-order valence-electron chi connectivity index (χ2n) is 6.13. The number of rotatable bonds is 3. The Kier molecular flexibility index (Phi) is 4.22. The van der Waals surface area contributed by atoms with E-state index in [0.29, 0.717) is 16.5 Å². The number of amides is 1. The Labute approximate surface area is 139 Å². The quantitative estimate of drug-likeness (QED) is 0.889. The van der Waals surface area contributed by atoms with Gasteiger partial charge in [0.2, 0.25) is 0 Å². The van der Waals surface area contributed by atoms with Crippen molar-refractivity contribution in [3.05, 3.63) is 51.4 Å². The van der Waals surface area contributed by atoms with Crippen LogP contribution in [0.1, 0.15) is 50.1 Å². The maximum atomic E-state index is 12.5. The molecular weight excluding hydrogens is 310 g/mol. The van der Waals surface area contributed by atoms with Gasteiger partial charge in [-0.15, -0.1) is 11.3 Å². The van der Waals surface area contributed by atoms with Crippen molar-refractivity contribution in [1.29, 1.82) is 0 Å². The molecule has 0 bridgehead atoms. The van der Waals surface area contributed by atoms with E-state index in [1.165, 1.54) is 11.3 Å². The van der Waals surface area contributed by atoms with Crippen LogP contribution in [-0.4, -0.2) is 17.0 Å². The van der Waals surface area contributed by atoms with Gasteiger partial charge in [0.25, 0.3) is 5.91 Å². The normalized spacial score (nSPS) is 16.7. The molecule has 1 aromatic heterocycles. The third-order valence-corrected chi connectivity index (χ3v) is 5.51. The van der Waals surface area contributed by atoms with Crippen molar-refractivity contribution in [2.75, 3.05) is 5.32 Å². The van der Waals surface area contributed by atoms with E-state index in [2.05, 4.69) is 12.2 Å². The Morgan fingerprint density at radius 2 is 2.04 bits per heavy atom. The van der Waals surface area contributed by atoms with Crippen LogP contribution in [0.4, 0.5) is 5.00 Å². The van der Waals surface area contributed by atoms with E-state index in [1.807, 2.05) is 19.1 Å². The minimum atomic E-state index is -0.961. The van der Waals surface area contributed by atoms with Crippen molar-refractivity contribution in [3.8, 4) is 0 Å². The van der Waals surface area contributed by atoms with Gasteiger partial charge in [0.05, 0.1) is 5.56 Å². The molecule has 4 nitrogen and oxygen atoms in total. The minimum Gasteiger partial charge on any atom is -0.478 e. The second-order valence-corrected chi connectivity index (χ2v) is 7.24. The monoisotopic (exact) mass is 329 g/mol. The number of thiophene rings is 1. The Hall–Kier alpha value is -2.14. The fourth-order valence-electron chi connectivity index (χ4n) is 3.06. The van der Waals surface area contributed by atoms with E-state index in [9.17, 15) is 14.7 Å². The maximum absolute atomic E-state index is 12.5. The number of nitrogens with one attached hydrogen (secondary N) is 1. The zero-order chi connectivity index (χ0) is 16.6. The molecule has 1 aliphatic carbocycles. The molecule has 0 radical (unpaired) electrons. The highest BCUT2D eigenvalue weighted by Crippen LogP contribution is 2.39. The van der Waals surface area contributed by atoms with E-state index < -0.39 is 5.97 Å². The van der Waals surface area contributed by atoms with Crippen LogP contribution in [0.15, 0.2) is 24.3 Å². The zero-order valence-electron chi connectivity index (χ0n) is 13.2. The van der Waals surface area contributed by atoms with Gasteiger partial charge in [-0.3, -0.25) is 4.79 Å². The Bertz CT molecular complexity index is 779. The smallest absolute Gasteiger partial charge is 0.339 e. The zero-order valence-corrected chi connectivity index (χ0v) is 14.0. The lowest BCUT2D eigenvalue weighted by Gasteiger charge is -2.17. The van der Waals surface area contributed by atoms with Gasteiger partial charge in [-0.1, -0.05) is 25.1 Å². The van der Waals surface area contributed by atoms with E-state index in [1.54, 1.807) is 12.1 Å². The maximum Gasteiger partial charge on any atom is 0.339 e. The summed E-state index contributed by atoms with van der Waals surface area (Å²) in [5.74, 6) is -0.655. The van der Waals surface area contributed by atoms with Crippen molar-refractivity contribution in [3.63, 3.8) is 0 Å². The molecule has 1 heterocycles. The van der Waals surface area contributed by atoms with E-state index in [0.717, 1.165) is 35.3 Å². The topological polar surface area (TPSA) is 66.4 Å². The Morgan fingerprint density at radius 1 is 1.30 bits per heavy atom. The average Bonchev–Trinajstić information content (AvgIpc) is 2.84. The number of anilines is 1. The standard InChI is InChI=1S/C18H19NO3S/c1-10-7-8-13-14(9-10)23-17(15(13)18(21)22)19-16(20)12-6-4-3-5-11(12)2/h3-6,10H,7-9H2,1-2H3,(H,19,20)(H,21,22). The van der Waals surface area contributed by atoms with Crippen molar-refractivity contribution in [2.24, 2.45) is 5.92 Å².